The molecule has 4 rings (SSSR count). The molecule has 156 valence electrons. The number of fused-ring (bicyclic) bond motifs is 1. The summed E-state index contributed by atoms with van der Waals surface area (Å²) in [6.45, 7) is 8.02. The zero-order valence-corrected chi connectivity index (χ0v) is 18.1. The number of aromatic nitrogens is 4. The minimum absolute atomic E-state index is 0.0877. The Balaban J connectivity index is 1.87. The molecule has 1 aliphatic rings. The number of aryl methyl sites for hydroxylation is 3. The Morgan fingerprint density at radius 3 is 2.67 bits per heavy atom. The topological polar surface area (TPSA) is 102 Å². The van der Waals surface area contributed by atoms with E-state index in [1.165, 1.54) is 11.8 Å². The lowest BCUT2D eigenvalue weighted by Crippen LogP contribution is -2.17. The second kappa shape index (κ2) is 7.98. The molecule has 9 heteroatoms. The summed E-state index contributed by atoms with van der Waals surface area (Å²) < 4.78 is 7.16. The van der Waals surface area contributed by atoms with Crippen molar-refractivity contribution >= 4 is 23.5 Å². The maximum Gasteiger partial charge on any atom is 0.252 e. The van der Waals surface area contributed by atoms with Gasteiger partial charge in [-0.2, -0.15) is 9.78 Å². The van der Waals surface area contributed by atoms with Gasteiger partial charge in [0.2, 0.25) is 5.91 Å². The van der Waals surface area contributed by atoms with Gasteiger partial charge in [-0.3, -0.25) is 4.79 Å². The number of nitrogens with zero attached hydrogens (tertiary/aromatic N) is 4. The quantitative estimate of drug-likeness (QED) is 0.660. The monoisotopic (exact) mass is 425 g/mol. The van der Waals surface area contributed by atoms with Gasteiger partial charge in [-0.15, -0.1) is 11.8 Å². The van der Waals surface area contributed by atoms with Crippen LogP contribution in [0.3, 0.4) is 0 Å². The van der Waals surface area contributed by atoms with Crippen molar-refractivity contribution in [3.63, 3.8) is 0 Å². The number of benzene rings is 1. The van der Waals surface area contributed by atoms with Gasteiger partial charge in [-0.25, -0.2) is 9.97 Å². The normalized spacial score (nSPS) is 16.0. The van der Waals surface area contributed by atoms with Crippen LogP contribution in [0.1, 0.15) is 40.4 Å². The number of anilines is 1. The first-order valence-electron chi connectivity index (χ1n) is 9.66. The van der Waals surface area contributed by atoms with Crippen LogP contribution in [0.4, 0.5) is 5.82 Å². The first kappa shape index (κ1) is 20.2. The molecule has 0 saturated heterocycles. The molecule has 2 aromatic heterocycles. The van der Waals surface area contributed by atoms with Crippen LogP contribution in [0.2, 0.25) is 0 Å². The molecule has 3 heterocycles. The summed E-state index contributed by atoms with van der Waals surface area (Å²) in [5.41, 5.74) is 4.23. The van der Waals surface area contributed by atoms with Crippen LogP contribution in [-0.4, -0.2) is 43.1 Å². The minimum atomic E-state index is -0.168. The molecular formula is C21H23N5O3S. The average molecular weight is 426 g/mol. The highest BCUT2D eigenvalue weighted by atomic mass is 32.2. The number of thioether (sulfide) groups is 1. The number of amides is 1. The Morgan fingerprint density at radius 1 is 1.23 bits per heavy atom. The largest absolute Gasteiger partial charge is 0.504 e. The smallest absolute Gasteiger partial charge is 0.252 e. The van der Waals surface area contributed by atoms with E-state index in [2.05, 4.69) is 20.4 Å². The Bertz CT molecular complexity index is 1110. The van der Waals surface area contributed by atoms with Gasteiger partial charge < -0.3 is 15.2 Å². The van der Waals surface area contributed by atoms with E-state index in [-0.39, 0.29) is 22.7 Å². The third-order valence-electron chi connectivity index (χ3n) is 4.75. The molecule has 0 saturated carbocycles. The number of nitrogens with one attached hydrogen (secondary N) is 1. The molecule has 1 aromatic carbocycles. The van der Waals surface area contributed by atoms with Crippen LogP contribution in [0.25, 0.3) is 5.95 Å². The van der Waals surface area contributed by atoms with Crippen molar-refractivity contribution in [2.24, 2.45) is 0 Å². The number of ether oxygens (including phenoxy) is 1. The molecule has 0 spiro atoms. The van der Waals surface area contributed by atoms with Crippen molar-refractivity contribution < 1.29 is 14.6 Å². The standard InChI is InChI=1S/C21H23N5O3S/c1-5-29-16-9-14(6-7-15(16)27)19-18-13(4)25-26(20(18)24-17(28)10-30-19)21-22-11(2)8-12(3)23-21/h6-9,19,27H,5,10H2,1-4H3,(H,24,28)/t19-/m1/s1. The summed E-state index contributed by atoms with van der Waals surface area (Å²) in [6.07, 6.45) is 0. The van der Waals surface area contributed by atoms with Crippen molar-refractivity contribution in [3.8, 4) is 17.4 Å². The van der Waals surface area contributed by atoms with Crippen molar-refractivity contribution in [3.05, 3.63) is 52.5 Å². The number of carbonyl (C=O) groups is 1. The van der Waals surface area contributed by atoms with E-state index in [1.54, 1.807) is 10.7 Å². The van der Waals surface area contributed by atoms with E-state index in [1.807, 2.05) is 45.9 Å². The molecular weight excluding hydrogens is 402 g/mol. The van der Waals surface area contributed by atoms with Crippen LogP contribution < -0.4 is 10.1 Å². The van der Waals surface area contributed by atoms with E-state index < -0.39 is 0 Å². The molecule has 0 radical (unpaired) electrons. The molecule has 1 aliphatic heterocycles. The van der Waals surface area contributed by atoms with Crippen LogP contribution in [0.15, 0.2) is 24.3 Å². The SMILES string of the molecule is CCOc1cc([C@H]2SCC(=O)Nc3c2c(C)nn3-c2nc(C)cc(C)n2)ccc1O. The second-order valence-corrected chi connectivity index (χ2v) is 8.20. The van der Waals surface area contributed by atoms with E-state index in [0.717, 1.165) is 28.2 Å². The maximum atomic E-state index is 12.5. The number of phenolic OH excluding ortho intramolecular Hbond substituents is 1. The third kappa shape index (κ3) is 3.72. The second-order valence-electron chi connectivity index (χ2n) is 7.11. The summed E-state index contributed by atoms with van der Waals surface area (Å²) in [5, 5.41) is 17.6. The lowest BCUT2D eigenvalue weighted by atomic mass is 10.0. The van der Waals surface area contributed by atoms with Gasteiger partial charge in [0.15, 0.2) is 11.5 Å². The highest BCUT2D eigenvalue weighted by molar-refractivity contribution is 8.00. The highest BCUT2D eigenvalue weighted by Gasteiger charge is 2.31. The molecule has 0 bridgehead atoms. The number of hydrogen-bond donors (Lipinski definition) is 2. The number of carbonyl (C=O) groups excluding carboxylic acids is 1. The fourth-order valence-corrected chi connectivity index (χ4v) is 4.74. The Kier molecular flexibility index (Phi) is 5.38. The average Bonchev–Trinajstić information content (AvgIpc) is 2.89. The summed E-state index contributed by atoms with van der Waals surface area (Å²) in [4.78, 5) is 21.5. The number of rotatable bonds is 4. The van der Waals surface area contributed by atoms with Gasteiger partial charge in [-0.1, -0.05) is 6.07 Å². The van der Waals surface area contributed by atoms with Gasteiger partial charge in [-0.05, 0) is 51.5 Å². The van der Waals surface area contributed by atoms with E-state index in [4.69, 9.17) is 4.74 Å². The van der Waals surface area contributed by atoms with E-state index in [0.29, 0.717) is 24.1 Å². The van der Waals surface area contributed by atoms with Gasteiger partial charge in [0.1, 0.15) is 5.82 Å². The van der Waals surface area contributed by atoms with Crippen molar-refractivity contribution in [2.75, 3.05) is 17.7 Å². The predicted octanol–water partition coefficient (Wildman–Crippen LogP) is 3.47. The Hall–Kier alpha value is -3.07. The fourth-order valence-electron chi connectivity index (χ4n) is 3.56. The van der Waals surface area contributed by atoms with Crippen molar-refractivity contribution in [1.29, 1.82) is 0 Å². The Labute approximate surface area is 178 Å². The zero-order chi connectivity index (χ0) is 21.4. The number of aromatic hydroxyl groups is 1. The molecule has 1 atom stereocenters. The summed E-state index contributed by atoms with van der Waals surface area (Å²) in [7, 11) is 0. The fraction of sp³-hybridized carbons (Fsp3) is 0.333. The zero-order valence-electron chi connectivity index (χ0n) is 17.3. The maximum absolute atomic E-state index is 12.5. The minimum Gasteiger partial charge on any atom is -0.504 e. The highest BCUT2D eigenvalue weighted by Crippen LogP contribution is 2.45. The van der Waals surface area contributed by atoms with Crippen molar-refractivity contribution in [1.82, 2.24) is 19.7 Å². The molecule has 0 fully saturated rings. The van der Waals surface area contributed by atoms with Crippen LogP contribution in [0.5, 0.6) is 11.5 Å². The van der Waals surface area contributed by atoms with Gasteiger partial charge in [0.05, 0.1) is 23.3 Å². The lowest BCUT2D eigenvalue weighted by Gasteiger charge is -2.17. The molecule has 2 N–H and O–H groups in total. The van der Waals surface area contributed by atoms with Gasteiger partial charge in [0, 0.05) is 17.0 Å². The first-order valence-corrected chi connectivity index (χ1v) is 10.7. The van der Waals surface area contributed by atoms with Gasteiger partial charge in [0.25, 0.3) is 5.95 Å². The Morgan fingerprint density at radius 2 is 1.97 bits per heavy atom. The lowest BCUT2D eigenvalue weighted by molar-refractivity contribution is -0.113. The summed E-state index contributed by atoms with van der Waals surface area (Å²) in [5.74, 6) is 1.68. The molecule has 30 heavy (non-hydrogen) atoms. The molecule has 3 aromatic rings. The molecule has 8 nitrogen and oxygen atoms in total. The van der Waals surface area contributed by atoms with Crippen molar-refractivity contribution in [2.45, 2.75) is 32.9 Å². The predicted molar refractivity (Wildman–Crippen MR) is 116 cm³/mol. The van der Waals surface area contributed by atoms with Gasteiger partial charge >= 0.3 is 0 Å². The van der Waals surface area contributed by atoms with E-state index >= 15 is 0 Å². The molecule has 0 aliphatic carbocycles. The summed E-state index contributed by atoms with van der Waals surface area (Å²) in [6, 6.07) is 7.17. The molecule has 0 unspecified atom stereocenters. The first-order chi connectivity index (χ1) is 14.4. The molecule has 1 amide bonds. The van der Waals surface area contributed by atoms with E-state index in [9.17, 15) is 9.90 Å². The number of hydrogen-bond acceptors (Lipinski definition) is 7. The van der Waals surface area contributed by atoms with Crippen LogP contribution >= 0.6 is 11.8 Å². The van der Waals surface area contributed by atoms with Crippen LogP contribution in [0, 0.1) is 20.8 Å². The van der Waals surface area contributed by atoms with Crippen LogP contribution in [-0.2, 0) is 4.79 Å². The third-order valence-corrected chi connectivity index (χ3v) is 6.02. The number of phenols is 1. The summed E-state index contributed by atoms with van der Waals surface area (Å²) >= 11 is 1.51.